The summed E-state index contributed by atoms with van der Waals surface area (Å²) in [7, 11) is 0. The molecule has 2 saturated heterocycles. The number of hydrogen-bond acceptors (Lipinski definition) is 16. The number of benzene rings is 3. The van der Waals surface area contributed by atoms with Crippen LogP contribution in [0.3, 0.4) is 0 Å². The van der Waals surface area contributed by atoms with Crippen molar-refractivity contribution in [1.82, 2.24) is 25.6 Å². The smallest absolute Gasteiger partial charge is 0.323 e. The fraction of sp³-hybridized carbons (Fsp3) is 0.462. The first-order valence-corrected chi connectivity index (χ1v) is 37.6. The van der Waals surface area contributed by atoms with Gasteiger partial charge in [-0.15, -0.1) is 0 Å². The van der Waals surface area contributed by atoms with Crippen LogP contribution in [0.5, 0.6) is 0 Å². The third kappa shape index (κ3) is 15.8. The van der Waals surface area contributed by atoms with Crippen molar-refractivity contribution in [3.63, 3.8) is 0 Å². The first-order chi connectivity index (χ1) is 50.1. The number of aromatic nitrogens is 3. The van der Waals surface area contributed by atoms with Crippen LogP contribution in [0, 0.1) is 33.7 Å². The molecule has 5 aliphatic heterocycles. The number of nitrogens with one attached hydrogen (secondary N) is 5. The molecular weight excluding hydrogens is 1490 g/mol. The summed E-state index contributed by atoms with van der Waals surface area (Å²) in [6.07, 6.45) is 15.3. The van der Waals surface area contributed by atoms with E-state index in [0.29, 0.717) is 97.9 Å². The van der Waals surface area contributed by atoms with Crippen LogP contribution in [0.25, 0.3) is 11.6 Å². The maximum absolute atomic E-state index is 15.6. The molecule has 4 spiro atoms. The molecule has 5 fully saturated rings. The van der Waals surface area contributed by atoms with Crippen LogP contribution in [0.4, 0.5) is 30.2 Å². The summed E-state index contributed by atoms with van der Waals surface area (Å²) in [5, 5.41) is 16.4. The predicted octanol–water partition coefficient (Wildman–Crippen LogP) is 16.4. The molecule has 28 heteroatoms. The highest BCUT2D eigenvalue weighted by Gasteiger charge is 2.75. The first kappa shape index (κ1) is 81.3. The second-order valence-corrected chi connectivity index (χ2v) is 32.4. The number of carbonyl (C=O) groups excluding carboxylic acids is 7. The van der Waals surface area contributed by atoms with Crippen LogP contribution in [0.2, 0.25) is 30.5 Å². The Labute approximate surface area is 644 Å². The van der Waals surface area contributed by atoms with Gasteiger partial charge in [-0.25, -0.2) is 28.1 Å². The number of Topliss-reactive ketones (excluding diaryl/α,β-unsaturated/α-hetero) is 1. The summed E-state index contributed by atoms with van der Waals surface area (Å²) in [5.74, 6) is -5.78. The first-order valence-electron chi connectivity index (χ1n) is 35.3. The molecule has 3 saturated carbocycles. The Morgan fingerprint density at radius 1 is 0.509 bits per heavy atom. The SMILES string of the molecule is CC1(C)CCC(=O)CC1.CCOC(=O)CN.CCOC(=O)[C@@H]1NC2(CCC(C)(C)CC2)[C@@]2(C(=O)Nc3cc(Cl)ccc32)[C@@H]1c1ccnc(Cl)c1F.CCOC(=O)[C@@H]1NC2(CCC(C)(C)CC2)[C@@]2(C(=O)Nc3cc(Cl)ccc32)[C@H]1c1ccnc(Cl)c1F.O=C1Nc2cc(Cl)ccc2C1=Cc1ccnc(Cl)c1F. The van der Waals surface area contributed by atoms with E-state index in [1.807, 2.05) is 12.1 Å². The third-order valence-corrected chi connectivity index (χ3v) is 23.5. The van der Waals surface area contributed by atoms with Crippen molar-refractivity contribution in [2.75, 3.05) is 42.3 Å². The Balaban J connectivity index is 0.000000158. The van der Waals surface area contributed by atoms with Crippen molar-refractivity contribution >= 4 is 140 Å². The van der Waals surface area contributed by atoms with E-state index >= 15 is 8.78 Å². The molecule has 7 N–H and O–H groups in total. The molecule has 3 aromatic heterocycles. The molecule has 19 nitrogen and oxygen atoms in total. The Morgan fingerprint density at radius 3 is 1.29 bits per heavy atom. The average Bonchev–Trinajstić information content (AvgIpc) is 1.49. The van der Waals surface area contributed by atoms with Crippen LogP contribution in [-0.2, 0) is 58.6 Å². The van der Waals surface area contributed by atoms with Gasteiger partial charge in [-0.1, -0.05) is 129 Å². The predicted molar refractivity (Wildman–Crippen MR) is 405 cm³/mol. The normalized spacial score (nSPS) is 24.3. The number of halogens is 9. The molecule has 0 radical (unpaired) electrons. The molecule has 8 aliphatic rings. The second-order valence-electron chi connectivity index (χ2n) is 30.0. The van der Waals surface area contributed by atoms with E-state index in [4.69, 9.17) is 84.8 Å². The lowest BCUT2D eigenvalue weighted by molar-refractivity contribution is -0.146. The molecule has 14 rings (SSSR count). The number of esters is 3. The number of fused-ring (bicyclic) bond motifs is 7. The van der Waals surface area contributed by atoms with Gasteiger partial charge in [0.05, 0.1) is 32.1 Å². The zero-order valence-electron chi connectivity index (χ0n) is 60.3. The molecule has 0 bridgehead atoms. The van der Waals surface area contributed by atoms with Crippen LogP contribution >= 0.6 is 69.6 Å². The van der Waals surface area contributed by atoms with Gasteiger partial charge in [-0.3, -0.25) is 44.2 Å². The fourth-order valence-electron chi connectivity index (χ4n) is 16.5. The Bertz CT molecular complexity index is 4250. The quantitative estimate of drug-likeness (QED) is 0.0340. The molecule has 6 aromatic rings. The third-order valence-electron chi connectivity index (χ3n) is 22.0. The van der Waals surface area contributed by atoms with Gasteiger partial charge in [0.2, 0.25) is 11.8 Å². The van der Waals surface area contributed by atoms with E-state index in [1.165, 1.54) is 42.9 Å². The van der Waals surface area contributed by atoms with Crippen LogP contribution in [-0.4, -0.2) is 106 Å². The van der Waals surface area contributed by atoms with Crippen molar-refractivity contribution in [1.29, 1.82) is 0 Å². The van der Waals surface area contributed by atoms with E-state index in [0.717, 1.165) is 51.4 Å². The van der Waals surface area contributed by atoms with E-state index in [9.17, 15) is 38.0 Å². The molecule has 3 aliphatic carbocycles. The van der Waals surface area contributed by atoms with E-state index in [-0.39, 0.29) is 86.4 Å². The van der Waals surface area contributed by atoms with Crippen molar-refractivity contribution < 1.29 is 60.9 Å². The number of anilines is 3. The number of ether oxygens (including phenoxy) is 3. The van der Waals surface area contributed by atoms with Crippen LogP contribution in [0.1, 0.15) is 185 Å². The Morgan fingerprint density at radius 2 is 0.896 bits per heavy atom. The standard InChI is InChI=1S/2C26H28Cl2FN3O3.C14H7Cl2FN2O.C8H14O.C4H9NO2/c2*1-4-35-22(33)20-18(15-7-12-30-21(28)19(15)29)26(25(32-20)10-8-24(2,3)9-11-25)16-6-5-14(27)13-17(16)31-23(26)34;15-8-1-2-9-10(14(20)19-11(9)6-8)5-7-3-4-18-13(16)12(7)17;1-8(2)5-3-7(9)4-6-8;1-2-7-4(6)3-5/h2*5-7,12-13,18,20,32H,4,8-11H2,1-3H3,(H,31,34);1-6H,(H,19,20);3-6H2,1-2H3;2-3,5H2,1H3/t18-,20+,26+;18-,20-,26-;;;/m01.../s1. The highest BCUT2D eigenvalue weighted by molar-refractivity contribution is 6.37. The van der Waals surface area contributed by atoms with Gasteiger partial charge in [-0.05, 0) is 184 Å². The summed E-state index contributed by atoms with van der Waals surface area (Å²) in [6.45, 7) is 19.2. The number of amides is 3. The summed E-state index contributed by atoms with van der Waals surface area (Å²) in [4.78, 5) is 99.3. The summed E-state index contributed by atoms with van der Waals surface area (Å²) < 4.78 is 60.4. The molecule has 106 heavy (non-hydrogen) atoms. The molecule has 6 atom stereocenters. The zero-order valence-corrected chi connectivity index (χ0v) is 64.8. The molecular formula is C78H86Cl6F3N9O10. The minimum Gasteiger partial charge on any atom is -0.465 e. The number of ketones is 1. The number of pyridine rings is 3. The lowest BCUT2D eigenvalue weighted by Crippen LogP contribution is -2.61. The van der Waals surface area contributed by atoms with Gasteiger partial charge in [0, 0.05) is 97.5 Å². The molecule has 566 valence electrons. The Hall–Kier alpha value is -7.25. The largest absolute Gasteiger partial charge is 0.465 e. The van der Waals surface area contributed by atoms with Gasteiger partial charge in [-0.2, -0.15) is 0 Å². The van der Waals surface area contributed by atoms with Gasteiger partial charge in [0.15, 0.2) is 32.9 Å². The van der Waals surface area contributed by atoms with Crippen LogP contribution < -0.4 is 32.3 Å². The number of nitrogens with two attached hydrogens (primary N) is 1. The molecule has 0 unspecified atom stereocenters. The van der Waals surface area contributed by atoms with Crippen molar-refractivity contribution in [2.24, 2.45) is 22.0 Å². The maximum Gasteiger partial charge on any atom is 0.323 e. The fourth-order valence-corrected chi connectivity index (χ4v) is 17.5. The van der Waals surface area contributed by atoms with E-state index in [1.54, 1.807) is 63.2 Å². The number of hydrogen-bond donors (Lipinski definition) is 6. The minimum atomic E-state index is -1.29. The summed E-state index contributed by atoms with van der Waals surface area (Å²) >= 11 is 36.3. The number of carbonyl (C=O) groups is 7. The minimum absolute atomic E-state index is 0.0200. The van der Waals surface area contributed by atoms with Crippen LogP contribution in [0.15, 0.2) is 91.4 Å². The van der Waals surface area contributed by atoms with E-state index < -0.39 is 75.2 Å². The van der Waals surface area contributed by atoms with Gasteiger partial charge in [0.1, 0.15) is 28.7 Å². The molecule has 3 aromatic carbocycles. The van der Waals surface area contributed by atoms with Crippen molar-refractivity contribution in [2.45, 2.75) is 185 Å². The van der Waals surface area contributed by atoms with Gasteiger partial charge >= 0.3 is 17.9 Å². The zero-order chi connectivity index (χ0) is 77.2. The highest BCUT2D eigenvalue weighted by Crippen LogP contribution is 2.66. The lowest BCUT2D eigenvalue weighted by atomic mass is 9.53. The highest BCUT2D eigenvalue weighted by atomic mass is 35.5. The molecule has 8 heterocycles. The Kier molecular flexibility index (Phi) is 24.9. The number of rotatable bonds is 9. The average molecular weight is 1580 g/mol. The van der Waals surface area contributed by atoms with Crippen molar-refractivity contribution in [3.05, 3.63) is 173 Å². The van der Waals surface area contributed by atoms with E-state index in [2.05, 4.69) is 87.8 Å². The van der Waals surface area contributed by atoms with Crippen molar-refractivity contribution in [3.8, 4) is 0 Å². The summed E-state index contributed by atoms with van der Waals surface area (Å²) in [6, 6.07) is 18.1. The number of nitrogens with zero attached hydrogens (tertiary/aromatic N) is 3. The maximum atomic E-state index is 15.6. The van der Waals surface area contributed by atoms with Gasteiger partial charge in [0.25, 0.3) is 5.91 Å². The van der Waals surface area contributed by atoms with Gasteiger partial charge < -0.3 is 35.9 Å². The monoisotopic (exact) mass is 1580 g/mol. The topological polar surface area (TPSA) is 272 Å². The molecule has 3 amide bonds. The summed E-state index contributed by atoms with van der Waals surface area (Å²) in [5.41, 5.74) is 6.00. The second kappa shape index (κ2) is 32.5. The lowest BCUT2D eigenvalue weighted by Gasteiger charge is -2.50.